The van der Waals surface area contributed by atoms with Crippen LogP contribution in [0.1, 0.15) is 10.4 Å². The number of aliphatic carboxylic acids is 1. The SMILES string of the molecule is O=C1COc2cc(C(=O)N3CCOCC3C(=O)O)c(Br)cc2N1. The first kappa shape index (κ1) is 15.8. The molecule has 0 bridgehead atoms. The maximum absolute atomic E-state index is 12.7. The summed E-state index contributed by atoms with van der Waals surface area (Å²) >= 11 is 3.29. The van der Waals surface area contributed by atoms with Crippen LogP contribution >= 0.6 is 15.9 Å². The summed E-state index contributed by atoms with van der Waals surface area (Å²) in [6.07, 6.45) is 0. The van der Waals surface area contributed by atoms with E-state index in [9.17, 15) is 19.5 Å². The van der Waals surface area contributed by atoms with E-state index in [0.29, 0.717) is 15.9 Å². The van der Waals surface area contributed by atoms with Crippen LogP contribution in [0.25, 0.3) is 0 Å². The maximum atomic E-state index is 12.7. The summed E-state index contributed by atoms with van der Waals surface area (Å²) in [6.45, 7) is 0.301. The number of nitrogens with zero attached hydrogens (tertiary/aromatic N) is 1. The second-order valence-corrected chi connectivity index (χ2v) is 5.95. The summed E-state index contributed by atoms with van der Waals surface area (Å²) in [5, 5.41) is 11.9. The smallest absolute Gasteiger partial charge is 0.328 e. The zero-order valence-corrected chi connectivity index (χ0v) is 13.5. The molecule has 2 amide bonds. The first-order valence-corrected chi connectivity index (χ1v) is 7.64. The van der Waals surface area contributed by atoms with Crippen molar-refractivity contribution in [3.8, 4) is 5.75 Å². The topological polar surface area (TPSA) is 105 Å². The number of carbonyl (C=O) groups is 3. The number of benzene rings is 1. The largest absolute Gasteiger partial charge is 0.482 e. The molecule has 0 spiro atoms. The predicted octanol–water partition coefficient (Wildman–Crippen LogP) is 0.706. The zero-order chi connectivity index (χ0) is 16.6. The first-order chi connectivity index (χ1) is 11.0. The number of halogens is 1. The Labute approximate surface area is 139 Å². The minimum absolute atomic E-state index is 0.0454. The number of ether oxygens (including phenoxy) is 2. The minimum atomic E-state index is -1.12. The van der Waals surface area contributed by atoms with E-state index < -0.39 is 17.9 Å². The highest BCUT2D eigenvalue weighted by molar-refractivity contribution is 9.10. The fraction of sp³-hybridized carbons (Fsp3) is 0.357. The Morgan fingerprint density at radius 2 is 2.17 bits per heavy atom. The Balaban J connectivity index is 1.93. The van der Waals surface area contributed by atoms with Crippen LogP contribution in [0, 0.1) is 0 Å². The lowest BCUT2D eigenvalue weighted by Gasteiger charge is -2.33. The van der Waals surface area contributed by atoms with Crippen molar-refractivity contribution in [2.75, 3.05) is 31.7 Å². The number of carboxylic acids is 1. The van der Waals surface area contributed by atoms with E-state index in [2.05, 4.69) is 21.2 Å². The number of morpholine rings is 1. The lowest BCUT2D eigenvalue weighted by Crippen LogP contribution is -2.52. The number of hydrogen-bond acceptors (Lipinski definition) is 5. The third-order valence-corrected chi connectivity index (χ3v) is 4.26. The Morgan fingerprint density at radius 1 is 1.39 bits per heavy atom. The molecule has 1 unspecified atom stereocenters. The molecule has 0 aliphatic carbocycles. The van der Waals surface area contributed by atoms with Gasteiger partial charge in [0.2, 0.25) is 0 Å². The molecule has 0 aromatic heterocycles. The molecular weight excluding hydrogens is 372 g/mol. The van der Waals surface area contributed by atoms with Crippen molar-refractivity contribution in [2.24, 2.45) is 0 Å². The molecule has 2 aliphatic heterocycles. The summed E-state index contributed by atoms with van der Waals surface area (Å²) in [7, 11) is 0. The molecule has 122 valence electrons. The van der Waals surface area contributed by atoms with E-state index in [1.165, 1.54) is 11.0 Å². The number of hydrogen-bond donors (Lipinski definition) is 2. The Bertz CT molecular complexity index is 692. The summed E-state index contributed by atoms with van der Waals surface area (Å²) < 4.78 is 10.9. The van der Waals surface area contributed by atoms with Gasteiger partial charge in [0.1, 0.15) is 5.75 Å². The molecule has 1 aromatic rings. The van der Waals surface area contributed by atoms with Crippen LogP contribution in [0.3, 0.4) is 0 Å². The minimum Gasteiger partial charge on any atom is -0.482 e. The Morgan fingerprint density at radius 3 is 2.91 bits per heavy atom. The van der Waals surface area contributed by atoms with Gasteiger partial charge in [-0.3, -0.25) is 9.59 Å². The molecule has 1 fully saturated rings. The summed E-state index contributed by atoms with van der Waals surface area (Å²) in [4.78, 5) is 36.6. The van der Waals surface area contributed by atoms with Crippen LogP contribution in [-0.4, -0.2) is 60.2 Å². The van der Waals surface area contributed by atoms with E-state index in [1.807, 2.05) is 0 Å². The van der Waals surface area contributed by atoms with Crippen molar-refractivity contribution in [2.45, 2.75) is 6.04 Å². The van der Waals surface area contributed by atoms with Crippen molar-refractivity contribution in [1.29, 1.82) is 0 Å². The quantitative estimate of drug-likeness (QED) is 0.777. The molecule has 2 heterocycles. The van der Waals surface area contributed by atoms with Crippen LogP contribution in [0.5, 0.6) is 5.75 Å². The van der Waals surface area contributed by atoms with Gasteiger partial charge >= 0.3 is 5.97 Å². The molecule has 23 heavy (non-hydrogen) atoms. The monoisotopic (exact) mass is 384 g/mol. The van der Waals surface area contributed by atoms with Gasteiger partial charge in [-0.25, -0.2) is 4.79 Å². The Hall–Kier alpha value is -2.13. The van der Waals surface area contributed by atoms with Crippen molar-refractivity contribution in [3.05, 3.63) is 22.2 Å². The molecule has 0 saturated carbocycles. The average molecular weight is 385 g/mol. The van der Waals surface area contributed by atoms with Crippen molar-refractivity contribution in [1.82, 2.24) is 4.90 Å². The highest BCUT2D eigenvalue weighted by Crippen LogP contribution is 2.34. The van der Waals surface area contributed by atoms with Crippen molar-refractivity contribution < 1.29 is 29.0 Å². The van der Waals surface area contributed by atoms with Gasteiger partial charge in [0.15, 0.2) is 12.6 Å². The highest BCUT2D eigenvalue weighted by Gasteiger charge is 2.34. The van der Waals surface area contributed by atoms with Crippen molar-refractivity contribution >= 4 is 39.4 Å². The Kier molecular flexibility index (Phi) is 4.22. The van der Waals surface area contributed by atoms with Gasteiger partial charge in [-0.2, -0.15) is 0 Å². The van der Waals surface area contributed by atoms with E-state index >= 15 is 0 Å². The molecule has 1 saturated heterocycles. The van der Waals surface area contributed by atoms with Crippen LogP contribution in [-0.2, 0) is 14.3 Å². The van der Waals surface area contributed by atoms with Gasteiger partial charge in [-0.15, -0.1) is 0 Å². The van der Waals surface area contributed by atoms with E-state index in [-0.39, 0.29) is 37.8 Å². The van der Waals surface area contributed by atoms with E-state index in [4.69, 9.17) is 9.47 Å². The number of carboxylic acid groups (broad SMARTS) is 1. The standard InChI is InChI=1S/C14H13BrN2O6/c15-8-4-9-11(23-6-12(18)16-9)3-7(8)13(19)17-1-2-22-5-10(17)14(20)21/h3-4,10H,1-2,5-6H2,(H,16,18)(H,20,21). The second kappa shape index (κ2) is 6.17. The molecule has 1 atom stereocenters. The second-order valence-electron chi connectivity index (χ2n) is 5.09. The van der Waals surface area contributed by atoms with Gasteiger partial charge < -0.3 is 24.8 Å². The average Bonchev–Trinajstić information content (AvgIpc) is 2.53. The number of fused-ring (bicyclic) bond motifs is 1. The third-order valence-electron chi connectivity index (χ3n) is 3.61. The van der Waals surface area contributed by atoms with Crippen LogP contribution in [0.2, 0.25) is 0 Å². The first-order valence-electron chi connectivity index (χ1n) is 6.85. The third kappa shape index (κ3) is 3.02. The molecule has 3 rings (SSSR count). The molecule has 2 aliphatic rings. The normalized spacial score (nSPS) is 20.3. The highest BCUT2D eigenvalue weighted by atomic mass is 79.9. The number of carbonyl (C=O) groups excluding carboxylic acids is 2. The molecular formula is C14H13BrN2O6. The van der Waals surface area contributed by atoms with Crippen LogP contribution in [0.15, 0.2) is 16.6 Å². The van der Waals surface area contributed by atoms with E-state index in [1.54, 1.807) is 6.07 Å². The van der Waals surface area contributed by atoms with E-state index in [0.717, 1.165) is 0 Å². The lowest BCUT2D eigenvalue weighted by atomic mass is 10.1. The summed E-state index contributed by atoms with van der Waals surface area (Å²) in [6, 6.07) is 2.03. The van der Waals surface area contributed by atoms with Gasteiger partial charge in [0, 0.05) is 11.0 Å². The van der Waals surface area contributed by atoms with Crippen LogP contribution < -0.4 is 10.1 Å². The summed E-state index contributed by atoms with van der Waals surface area (Å²) in [5.41, 5.74) is 0.731. The number of anilines is 1. The predicted molar refractivity (Wildman–Crippen MR) is 81.5 cm³/mol. The molecule has 1 aromatic carbocycles. The molecule has 9 heteroatoms. The number of amides is 2. The fourth-order valence-electron chi connectivity index (χ4n) is 2.47. The lowest BCUT2D eigenvalue weighted by molar-refractivity contribution is -0.147. The summed E-state index contributed by atoms with van der Waals surface area (Å²) in [5.74, 6) is -1.45. The van der Waals surface area contributed by atoms with Gasteiger partial charge in [-0.1, -0.05) is 0 Å². The maximum Gasteiger partial charge on any atom is 0.328 e. The molecule has 8 nitrogen and oxygen atoms in total. The molecule has 0 radical (unpaired) electrons. The number of rotatable bonds is 2. The van der Waals surface area contributed by atoms with Gasteiger partial charge in [-0.05, 0) is 28.1 Å². The van der Waals surface area contributed by atoms with Gasteiger partial charge in [0.25, 0.3) is 11.8 Å². The fourth-order valence-corrected chi connectivity index (χ4v) is 2.98. The van der Waals surface area contributed by atoms with Gasteiger partial charge in [0.05, 0.1) is 24.5 Å². The molecule has 2 N–H and O–H groups in total. The number of nitrogens with one attached hydrogen (secondary N) is 1. The van der Waals surface area contributed by atoms with Crippen LogP contribution in [0.4, 0.5) is 5.69 Å². The van der Waals surface area contributed by atoms with Crippen molar-refractivity contribution in [3.63, 3.8) is 0 Å². The zero-order valence-electron chi connectivity index (χ0n) is 11.9.